The zero-order valence-electron chi connectivity index (χ0n) is 26.2. The van der Waals surface area contributed by atoms with Gasteiger partial charge in [-0.05, 0) is 67.6 Å². The van der Waals surface area contributed by atoms with Crippen LogP contribution in [0.25, 0.3) is 0 Å². The molecule has 1 saturated carbocycles. The molecule has 0 saturated heterocycles. The van der Waals surface area contributed by atoms with Crippen molar-refractivity contribution in [3.8, 4) is 0 Å². The van der Waals surface area contributed by atoms with Gasteiger partial charge in [0.05, 0.1) is 10.6 Å². The number of halogens is 1. The number of aryl methyl sites for hydroxylation is 2. The second-order valence-electron chi connectivity index (χ2n) is 11.9. The van der Waals surface area contributed by atoms with E-state index in [-0.39, 0.29) is 29.8 Å². The lowest BCUT2D eigenvalue weighted by molar-refractivity contribution is -0.140. The van der Waals surface area contributed by atoms with Gasteiger partial charge in [-0.1, -0.05) is 109 Å². The maximum atomic E-state index is 14.7. The monoisotopic (exact) mass is 657 g/mol. The Morgan fingerprint density at radius 2 is 1.50 bits per heavy atom. The molecule has 7 nitrogen and oxygen atoms in total. The fourth-order valence-corrected chi connectivity index (χ4v) is 7.75. The van der Waals surface area contributed by atoms with Gasteiger partial charge in [-0.25, -0.2) is 8.42 Å². The van der Waals surface area contributed by atoms with E-state index in [1.165, 1.54) is 17.0 Å². The largest absolute Gasteiger partial charge is 0.352 e. The van der Waals surface area contributed by atoms with Gasteiger partial charge < -0.3 is 10.2 Å². The van der Waals surface area contributed by atoms with Gasteiger partial charge in [0.25, 0.3) is 10.0 Å². The van der Waals surface area contributed by atoms with Gasteiger partial charge in [-0.2, -0.15) is 0 Å². The maximum Gasteiger partial charge on any atom is 0.264 e. The number of benzene rings is 4. The molecule has 240 valence electrons. The molecule has 9 heteroatoms. The highest BCUT2D eigenvalue weighted by Crippen LogP contribution is 2.29. The Kier molecular flexibility index (Phi) is 10.8. The minimum absolute atomic E-state index is 0.0280. The molecule has 46 heavy (non-hydrogen) atoms. The predicted molar refractivity (Wildman–Crippen MR) is 183 cm³/mol. The van der Waals surface area contributed by atoms with Crippen LogP contribution in [0.15, 0.2) is 108 Å². The Morgan fingerprint density at radius 1 is 0.870 bits per heavy atom. The van der Waals surface area contributed by atoms with E-state index in [1.54, 1.807) is 36.4 Å². The lowest BCUT2D eigenvalue weighted by Crippen LogP contribution is -2.54. The van der Waals surface area contributed by atoms with E-state index >= 15 is 0 Å². The topological polar surface area (TPSA) is 86.8 Å². The Labute approximate surface area is 277 Å². The second-order valence-corrected chi connectivity index (χ2v) is 14.2. The van der Waals surface area contributed by atoms with Gasteiger partial charge in [0.15, 0.2) is 0 Å². The number of hydrogen-bond donors (Lipinski definition) is 1. The number of carbonyl (C=O) groups is 2. The van der Waals surface area contributed by atoms with E-state index in [0.29, 0.717) is 21.8 Å². The van der Waals surface area contributed by atoms with Crippen LogP contribution in [0, 0.1) is 13.8 Å². The molecule has 5 rings (SSSR count). The lowest BCUT2D eigenvalue weighted by Gasteiger charge is -2.35. The van der Waals surface area contributed by atoms with E-state index in [9.17, 15) is 18.0 Å². The molecule has 0 bridgehead atoms. The fourth-order valence-electron chi connectivity index (χ4n) is 6.05. The molecule has 0 aliphatic heterocycles. The van der Waals surface area contributed by atoms with Crippen molar-refractivity contribution in [1.82, 2.24) is 10.2 Å². The van der Waals surface area contributed by atoms with Crippen LogP contribution in [0.4, 0.5) is 5.69 Å². The summed E-state index contributed by atoms with van der Waals surface area (Å²) in [4.78, 5) is 30.4. The van der Waals surface area contributed by atoms with Crippen LogP contribution in [-0.4, -0.2) is 43.8 Å². The molecular weight excluding hydrogens is 618 g/mol. The molecule has 1 N–H and O–H groups in total. The number of anilines is 1. The highest BCUT2D eigenvalue weighted by atomic mass is 35.5. The quantitative estimate of drug-likeness (QED) is 0.181. The van der Waals surface area contributed by atoms with Crippen LogP contribution in [0.3, 0.4) is 0 Å². The van der Waals surface area contributed by atoms with Crippen LogP contribution in [0.1, 0.15) is 47.9 Å². The summed E-state index contributed by atoms with van der Waals surface area (Å²) in [5, 5.41) is 3.65. The molecule has 0 spiro atoms. The Bertz CT molecular complexity index is 1760. The van der Waals surface area contributed by atoms with Crippen molar-refractivity contribution in [3.63, 3.8) is 0 Å². The van der Waals surface area contributed by atoms with Gasteiger partial charge >= 0.3 is 0 Å². The lowest BCUT2D eigenvalue weighted by atomic mass is 10.0. The molecule has 1 fully saturated rings. The predicted octanol–water partition coefficient (Wildman–Crippen LogP) is 6.85. The summed E-state index contributed by atoms with van der Waals surface area (Å²) < 4.78 is 29.6. The third-order valence-corrected chi connectivity index (χ3v) is 10.6. The van der Waals surface area contributed by atoms with Crippen molar-refractivity contribution in [2.45, 2.75) is 69.5 Å². The number of nitrogens with zero attached hydrogens (tertiary/aromatic N) is 2. The van der Waals surface area contributed by atoms with Crippen molar-refractivity contribution in [1.29, 1.82) is 0 Å². The normalized spacial score (nSPS) is 14.1. The highest BCUT2D eigenvalue weighted by molar-refractivity contribution is 7.92. The fraction of sp³-hybridized carbons (Fsp3) is 0.297. The van der Waals surface area contributed by atoms with Gasteiger partial charge in [0.1, 0.15) is 12.6 Å². The summed E-state index contributed by atoms with van der Waals surface area (Å²) in [6, 6.07) is 29.4. The van der Waals surface area contributed by atoms with E-state index in [4.69, 9.17) is 11.6 Å². The molecule has 1 aliphatic carbocycles. The molecule has 4 aromatic rings. The second kappa shape index (κ2) is 15.0. The van der Waals surface area contributed by atoms with Crippen molar-refractivity contribution < 1.29 is 18.0 Å². The van der Waals surface area contributed by atoms with Gasteiger partial charge in [0.2, 0.25) is 11.8 Å². The van der Waals surface area contributed by atoms with Crippen molar-refractivity contribution in [2.24, 2.45) is 0 Å². The van der Waals surface area contributed by atoms with Crippen LogP contribution in [0.2, 0.25) is 5.02 Å². The summed E-state index contributed by atoms with van der Waals surface area (Å²) in [5.41, 5.74) is 3.62. The number of sulfonamides is 1. The van der Waals surface area contributed by atoms with Crippen LogP contribution >= 0.6 is 11.6 Å². The van der Waals surface area contributed by atoms with Gasteiger partial charge in [-0.3, -0.25) is 13.9 Å². The molecule has 1 aliphatic rings. The van der Waals surface area contributed by atoms with Crippen molar-refractivity contribution in [2.75, 3.05) is 10.8 Å². The first-order valence-electron chi connectivity index (χ1n) is 15.7. The van der Waals surface area contributed by atoms with Gasteiger partial charge in [-0.15, -0.1) is 0 Å². The minimum Gasteiger partial charge on any atom is -0.352 e. The molecule has 0 radical (unpaired) electrons. The molecule has 0 aromatic heterocycles. The van der Waals surface area contributed by atoms with Crippen LogP contribution < -0.4 is 9.62 Å². The third-order valence-electron chi connectivity index (χ3n) is 8.50. The number of nitrogens with one attached hydrogen (secondary N) is 1. The van der Waals surface area contributed by atoms with E-state index in [0.717, 1.165) is 41.1 Å². The van der Waals surface area contributed by atoms with Gasteiger partial charge in [0, 0.05) is 24.0 Å². The SMILES string of the molecule is Cc1ccc(N(CC(=O)N(Cc2ccccc2Cl)[C@H](Cc2ccccc2)C(=O)NC2CCCC2)S(=O)(=O)c2ccccc2)c(C)c1. The summed E-state index contributed by atoms with van der Waals surface area (Å²) in [5.74, 6) is -0.776. The number of carbonyl (C=O) groups excluding carboxylic acids is 2. The van der Waals surface area contributed by atoms with Crippen LogP contribution in [-0.2, 0) is 32.6 Å². The molecular formula is C37H40ClN3O4S. The third kappa shape index (κ3) is 7.98. The molecule has 0 heterocycles. The van der Waals surface area contributed by atoms with E-state index in [1.807, 2.05) is 68.4 Å². The van der Waals surface area contributed by atoms with Crippen molar-refractivity contribution >= 4 is 39.1 Å². The highest BCUT2D eigenvalue weighted by Gasteiger charge is 2.36. The summed E-state index contributed by atoms with van der Waals surface area (Å²) in [6.45, 7) is 3.28. The first-order valence-corrected chi connectivity index (χ1v) is 17.5. The summed E-state index contributed by atoms with van der Waals surface area (Å²) in [6.07, 6.45) is 4.11. The summed E-state index contributed by atoms with van der Waals surface area (Å²) in [7, 11) is -4.16. The zero-order chi connectivity index (χ0) is 32.7. The Morgan fingerprint density at radius 3 is 2.15 bits per heavy atom. The molecule has 4 aromatic carbocycles. The molecule has 2 amide bonds. The number of rotatable bonds is 12. The zero-order valence-corrected chi connectivity index (χ0v) is 27.8. The molecule has 0 unspecified atom stereocenters. The average Bonchev–Trinajstić information content (AvgIpc) is 3.56. The minimum atomic E-state index is -4.16. The maximum absolute atomic E-state index is 14.7. The smallest absolute Gasteiger partial charge is 0.264 e. The van der Waals surface area contributed by atoms with Crippen molar-refractivity contribution in [3.05, 3.63) is 130 Å². The van der Waals surface area contributed by atoms with E-state index < -0.39 is 28.5 Å². The summed E-state index contributed by atoms with van der Waals surface area (Å²) >= 11 is 6.60. The number of amides is 2. The van der Waals surface area contributed by atoms with E-state index in [2.05, 4.69) is 5.32 Å². The Hall–Kier alpha value is -4.14. The first-order chi connectivity index (χ1) is 22.1. The van der Waals surface area contributed by atoms with Crippen LogP contribution in [0.5, 0.6) is 0 Å². The Balaban J connectivity index is 1.59. The molecule has 1 atom stereocenters. The first kappa shape index (κ1) is 33.2. The number of hydrogen-bond acceptors (Lipinski definition) is 4. The standard InChI is InChI=1S/C37H40ClN3O4S/c1-27-21-22-34(28(2)23-27)41(46(44,45)32-18-7-4-8-19-32)26-36(42)40(25-30-15-9-12-20-33(30)38)35(24-29-13-5-3-6-14-29)37(43)39-31-16-10-11-17-31/h3-9,12-15,18-23,31,35H,10-11,16-17,24-26H2,1-2H3,(H,39,43)/t35-/m1/s1. The average molecular weight is 658 g/mol.